The van der Waals surface area contributed by atoms with Gasteiger partial charge in [0.25, 0.3) is 0 Å². The van der Waals surface area contributed by atoms with Crippen LogP contribution in [-0.2, 0) is 4.79 Å². The summed E-state index contributed by atoms with van der Waals surface area (Å²) < 4.78 is 13.2. The second kappa shape index (κ2) is 8.79. The van der Waals surface area contributed by atoms with Gasteiger partial charge in [-0.25, -0.2) is 14.4 Å². The largest absolute Gasteiger partial charge is 0.481 e. The minimum absolute atomic E-state index is 0.0134. The Balaban J connectivity index is 1.58. The van der Waals surface area contributed by atoms with E-state index in [0.29, 0.717) is 29.5 Å². The molecule has 5 nitrogen and oxygen atoms in total. The number of benzene rings is 2. The molecule has 30 heavy (non-hydrogen) atoms. The Morgan fingerprint density at radius 2 is 1.87 bits per heavy atom. The third-order valence-corrected chi connectivity index (χ3v) is 5.69. The highest BCUT2D eigenvalue weighted by atomic mass is 35.5. The van der Waals surface area contributed by atoms with Crippen molar-refractivity contribution in [1.29, 1.82) is 0 Å². The van der Waals surface area contributed by atoms with E-state index < -0.39 is 5.97 Å². The topological polar surface area (TPSA) is 75.1 Å². The van der Waals surface area contributed by atoms with Crippen LogP contribution in [0.1, 0.15) is 25.7 Å². The van der Waals surface area contributed by atoms with Crippen molar-refractivity contribution in [3.8, 4) is 22.4 Å². The number of nitrogens with one attached hydrogen (secondary N) is 1. The maximum atomic E-state index is 13.2. The zero-order valence-electron chi connectivity index (χ0n) is 16.2. The molecule has 0 aliphatic heterocycles. The molecule has 1 fully saturated rings. The summed E-state index contributed by atoms with van der Waals surface area (Å²) in [5.74, 6) is -0.942. The third kappa shape index (κ3) is 4.60. The van der Waals surface area contributed by atoms with Crippen LogP contribution in [-0.4, -0.2) is 27.1 Å². The van der Waals surface area contributed by atoms with Crippen LogP contribution in [0.2, 0.25) is 5.02 Å². The van der Waals surface area contributed by atoms with Gasteiger partial charge in [0.1, 0.15) is 5.82 Å². The van der Waals surface area contributed by atoms with Gasteiger partial charge in [-0.1, -0.05) is 48.4 Å². The molecule has 1 saturated carbocycles. The van der Waals surface area contributed by atoms with E-state index in [2.05, 4.69) is 15.3 Å². The molecule has 2 atom stereocenters. The molecule has 1 aromatic heterocycles. The fourth-order valence-corrected chi connectivity index (χ4v) is 4.06. The smallest absolute Gasteiger partial charge is 0.306 e. The van der Waals surface area contributed by atoms with E-state index in [1.807, 2.05) is 24.3 Å². The van der Waals surface area contributed by atoms with Crippen molar-refractivity contribution in [2.75, 3.05) is 5.32 Å². The highest BCUT2D eigenvalue weighted by molar-refractivity contribution is 6.32. The van der Waals surface area contributed by atoms with Gasteiger partial charge in [-0.3, -0.25) is 4.79 Å². The van der Waals surface area contributed by atoms with E-state index in [-0.39, 0.29) is 17.8 Å². The van der Waals surface area contributed by atoms with E-state index in [1.54, 1.807) is 18.3 Å². The van der Waals surface area contributed by atoms with Gasteiger partial charge in [-0.15, -0.1) is 0 Å². The molecular weight excluding hydrogens is 405 g/mol. The molecule has 1 aliphatic rings. The van der Waals surface area contributed by atoms with Gasteiger partial charge in [0.15, 0.2) is 0 Å². The summed E-state index contributed by atoms with van der Waals surface area (Å²) in [6.45, 7) is 0. The lowest BCUT2D eigenvalue weighted by Crippen LogP contribution is -2.31. The van der Waals surface area contributed by atoms with E-state index in [0.717, 1.165) is 29.5 Å². The molecule has 0 radical (unpaired) electrons. The first kappa shape index (κ1) is 20.3. The molecule has 2 N–H and O–H groups in total. The predicted molar refractivity (Wildman–Crippen MR) is 115 cm³/mol. The number of carboxylic acid groups (broad SMARTS) is 1. The molecule has 3 aromatic rings. The van der Waals surface area contributed by atoms with Gasteiger partial charge in [-0.2, -0.15) is 0 Å². The maximum Gasteiger partial charge on any atom is 0.306 e. The number of hydrogen-bond donors (Lipinski definition) is 2. The molecule has 0 bridgehead atoms. The van der Waals surface area contributed by atoms with Crippen LogP contribution in [0.15, 0.2) is 54.7 Å². The average Bonchev–Trinajstić information content (AvgIpc) is 2.76. The van der Waals surface area contributed by atoms with E-state index in [4.69, 9.17) is 11.6 Å². The van der Waals surface area contributed by atoms with Crippen LogP contribution in [0.4, 0.5) is 10.3 Å². The molecule has 1 aliphatic carbocycles. The van der Waals surface area contributed by atoms with Crippen molar-refractivity contribution in [2.24, 2.45) is 5.92 Å². The Labute approximate surface area is 179 Å². The van der Waals surface area contributed by atoms with Crippen LogP contribution in [0.5, 0.6) is 0 Å². The molecule has 0 amide bonds. The SMILES string of the molecule is O=C(O)C1CCCC(Nc2ncc(Cl)c(-c3cccc(-c4ccc(F)cc4)c3)n2)C1. The van der Waals surface area contributed by atoms with Crippen molar-refractivity contribution in [1.82, 2.24) is 9.97 Å². The zero-order valence-corrected chi connectivity index (χ0v) is 16.9. The molecule has 2 unspecified atom stereocenters. The first-order valence-corrected chi connectivity index (χ1v) is 10.3. The van der Waals surface area contributed by atoms with Gasteiger partial charge in [0.05, 0.1) is 22.8 Å². The maximum absolute atomic E-state index is 13.2. The van der Waals surface area contributed by atoms with E-state index in [9.17, 15) is 14.3 Å². The van der Waals surface area contributed by atoms with Crippen molar-refractivity contribution in [3.63, 3.8) is 0 Å². The molecule has 0 saturated heterocycles. The Morgan fingerprint density at radius 1 is 1.10 bits per heavy atom. The first-order chi connectivity index (χ1) is 14.5. The zero-order chi connectivity index (χ0) is 21.1. The van der Waals surface area contributed by atoms with Gasteiger partial charge in [0.2, 0.25) is 5.95 Å². The van der Waals surface area contributed by atoms with E-state index >= 15 is 0 Å². The molecule has 0 spiro atoms. The van der Waals surface area contributed by atoms with Crippen molar-refractivity contribution in [3.05, 3.63) is 65.6 Å². The lowest BCUT2D eigenvalue weighted by atomic mass is 9.86. The number of carboxylic acids is 1. The third-order valence-electron chi connectivity index (χ3n) is 5.41. The lowest BCUT2D eigenvalue weighted by molar-refractivity contribution is -0.142. The molecule has 7 heteroatoms. The molecular formula is C23H21ClFN3O2. The summed E-state index contributed by atoms with van der Waals surface area (Å²) in [5.41, 5.74) is 3.22. The summed E-state index contributed by atoms with van der Waals surface area (Å²) in [6, 6.07) is 14.0. The molecule has 154 valence electrons. The number of anilines is 1. The summed E-state index contributed by atoms with van der Waals surface area (Å²) in [6.07, 6.45) is 4.54. The fourth-order valence-electron chi connectivity index (χ4n) is 3.86. The van der Waals surface area contributed by atoms with Gasteiger partial charge in [-0.05, 0) is 48.6 Å². The van der Waals surface area contributed by atoms with Crippen LogP contribution in [0, 0.1) is 11.7 Å². The van der Waals surface area contributed by atoms with Gasteiger partial charge < -0.3 is 10.4 Å². The normalized spacial score (nSPS) is 18.7. The van der Waals surface area contributed by atoms with Crippen molar-refractivity contribution < 1.29 is 14.3 Å². The quantitative estimate of drug-likeness (QED) is 0.551. The monoisotopic (exact) mass is 425 g/mol. The standard InChI is InChI=1S/C23H21ClFN3O2/c24-20-13-26-23(27-19-6-2-5-17(12-19)22(29)30)28-21(20)16-4-1-3-15(11-16)14-7-9-18(25)10-8-14/h1,3-4,7-11,13,17,19H,2,5-6,12H2,(H,29,30)(H,26,27,28). The number of nitrogens with zero attached hydrogens (tertiary/aromatic N) is 2. The van der Waals surface area contributed by atoms with Crippen molar-refractivity contribution in [2.45, 2.75) is 31.7 Å². The predicted octanol–water partition coefficient (Wildman–Crippen LogP) is 5.66. The lowest BCUT2D eigenvalue weighted by Gasteiger charge is -2.27. The van der Waals surface area contributed by atoms with E-state index in [1.165, 1.54) is 12.1 Å². The van der Waals surface area contributed by atoms with Gasteiger partial charge in [0, 0.05) is 11.6 Å². The van der Waals surface area contributed by atoms with Crippen LogP contribution in [0.25, 0.3) is 22.4 Å². The van der Waals surface area contributed by atoms with Crippen molar-refractivity contribution >= 4 is 23.5 Å². The van der Waals surface area contributed by atoms with Crippen LogP contribution < -0.4 is 5.32 Å². The van der Waals surface area contributed by atoms with Crippen LogP contribution in [0.3, 0.4) is 0 Å². The Kier molecular flexibility index (Phi) is 5.95. The Bertz CT molecular complexity index is 1060. The summed E-state index contributed by atoms with van der Waals surface area (Å²) in [4.78, 5) is 20.2. The minimum atomic E-state index is -0.753. The average molecular weight is 426 g/mol. The number of halogens is 2. The number of rotatable bonds is 5. The Morgan fingerprint density at radius 3 is 2.63 bits per heavy atom. The number of aliphatic carboxylic acids is 1. The molecule has 2 aromatic carbocycles. The van der Waals surface area contributed by atoms with Gasteiger partial charge >= 0.3 is 5.97 Å². The summed E-state index contributed by atoms with van der Waals surface area (Å²) in [7, 11) is 0. The second-order valence-electron chi connectivity index (χ2n) is 7.52. The summed E-state index contributed by atoms with van der Waals surface area (Å²) in [5, 5.41) is 13.0. The molecule has 4 rings (SSSR count). The second-order valence-corrected chi connectivity index (χ2v) is 7.93. The number of hydrogen-bond acceptors (Lipinski definition) is 4. The number of carbonyl (C=O) groups is 1. The molecule has 1 heterocycles. The summed E-state index contributed by atoms with van der Waals surface area (Å²) >= 11 is 6.38. The van der Waals surface area contributed by atoms with Crippen LogP contribution >= 0.6 is 11.6 Å². The number of aromatic nitrogens is 2. The highest BCUT2D eigenvalue weighted by Crippen LogP contribution is 2.31. The minimum Gasteiger partial charge on any atom is -0.481 e. The fraction of sp³-hybridized carbons (Fsp3) is 0.261. The highest BCUT2D eigenvalue weighted by Gasteiger charge is 2.27. The Hall–Kier alpha value is -2.99. The first-order valence-electron chi connectivity index (χ1n) is 9.88.